The normalized spacial score (nSPS) is 11.6. The first-order valence-electron chi connectivity index (χ1n) is 13.3. The van der Waals surface area contributed by atoms with Crippen LogP contribution in [0.15, 0.2) is 109 Å². The van der Waals surface area contributed by atoms with E-state index in [9.17, 15) is 9.59 Å². The number of para-hydroxylation sites is 2. The molecule has 1 aromatic heterocycles. The van der Waals surface area contributed by atoms with Crippen LogP contribution >= 0.6 is 0 Å². The minimum Gasteiger partial charge on any atom is -0.494 e. The maximum Gasteiger partial charge on any atom is 0.247 e. The summed E-state index contributed by atoms with van der Waals surface area (Å²) in [4.78, 5) is 29.8. The molecule has 5 rings (SSSR count). The van der Waals surface area contributed by atoms with Gasteiger partial charge in [0.15, 0.2) is 0 Å². The van der Waals surface area contributed by atoms with Crippen molar-refractivity contribution in [3.63, 3.8) is 0 Å². The van der Waals surface area contributed by atoms with Crippen molar-refractivity contribution in [3.05, 3.63) is 126 Å². The molecule has 1 heterocycles. The number of hydrogen-bond donors (Lipinski definition) is 1. The third-order valence-corrected chi connectivity index (χ3v) is 6.60. The molecule has 202 valence electrons. The van der Waals surface area contributed by atoms with Gasteiger partial charge in [-0.1, -0.05) is 96.2 Å². The first-order chi connectivity index (χ1) is 19.6. The largest absolute Gasteiger partial charge is 0.494 e. The summed E-state index contributed by atoms with van der Waals surface area (Å²) < 4.78 is 7.50. The Morgan fingerprint density at radius 3 is 2.25 bits per heavy atom. The number of aromatic nitrogens is 3. The number of rotatable bonds is 11. The van der Waals surface area contributed by atoms with E-state index >= 15 is 0 Å². The number of fused-ring (bicyclic) bond motifs is 1. The van der Waals surface area contributed by atoms with E-state index in [1.807, 2.05) is 116 Å². The van der Waals surface area contributed by atoms with E-state index in [-0.39, 0.29) is 24.9 Å². The summed E-state index contributed by atoms with van der Waals surface area (Å²) in [6.45, 7) is 2.79. The molecule has 0 fully saturated rings. The fourth-order valence-electron chi connectivity index (χ4n) is 4.68. The van der Waals surface area contributed by atoms with E-state index in [1.165, 1.54) is 0 Å². The molecule has 1 atom stereocenters. The standard InChI is InChI=1S/C32H31N5O3/c1-2-40-29-20-12-9-17-26(29)31(32(39)33-21-24-13-5-3-6-14-24)36(22-25-15-7-4-8-16-25)30(38)23-37-28-19-11-10-18-27(28)34-35-37/h3-20,31H,2,21-23H2,1H3,(H,33,39). The predicted molar refractivity (Wildman–Crippen MR) is 153 cm³/mol. The van der Waals surface area contributed by atoms with Crippen LogP contribution in [-0.4, -0.2) is 38.3 Å². The van der Waals surface area contributed by atoms with E-state index in [4.69, 9.17) is 4.74 Å². The number of benzene rings is 4. The molecular formula is C32H31N5O3. The van der Waals surface area contributed by atoms with Crippen LogP contribution in [0.5, 0.6) is 5.75 Å². The number of hydrogen-bond acceptors (Lipinski definition) is 5. The zero-order valence-corrected chi connectivity index (χ0v) is 22.3. The second-order valence-electron chi connectivity index (χ2n) is 9.32. The lowest BCUT2D eigenvalue weighted by Crippen LogP contribution is -2.44. The summed E-state index contributed by atoms with van der Waals surface area (Å²) in [5.41, 5.74) is 3.92. The molecule has 0 aliphatic rings. The first kappa shape index (κ1) is 26.6. The van der Waals surface area contributed by atoms with Crippen molar-refractivity contribution in [1.29, 1.82) is 0 Å². The van der Waals surface area contributed by atoms with Gasteiger partial charge in [0.1, 0.15) is 23.9 Å². The molecule has 2 amide bonds. The smallest absolute Gasteiger partial charge is 0.247 e. The fourth-order valence-corrected chi connectivity index (χ4v) is 4.68. The highest BCUT2D eigenvalue weighted by atomic mass is 16.5. The van der Waals surface area contributed by atoms with E-state index < -0.39 is 6.04 Å². The summed E-state index contributed by atoms with van der Waals surface area (Å²) in [5.74, 6) is -0.0173. The van der Waals surface area contributed by atoms with Gasteiger partial charge in [-0.2, -0.15) is 0 Å². The van der Waals surface area contributed by atoms with Gasteiger partial charge >= 0.3 is 0 Å². The number of carbonyl (C=O) groups excluding carboxylic acids is 2. The molecule has 0 saturated carbocycles. The van der Waals surface area contributed by atoms with Crippen molar-refractivity contribution in [2.24, 2.45) is 0 Å². The SMILES string of the molecule is CCOc1ccccc1C(C(=O)NCc1ccccc1)N(Cc1ccccc1)C(=O)Cn1nnc2ccccc21. The zero-order valence-electron chi connectivity index (χ0n) is 22.3. The highest BCUT2D eigenvalue weighted by Gasteiger charge is 2.34. The zero-order chi connectivity index (χ0) is 27.7. The molecule has 0 radical (unpaired) electrons. The molecule has 4 aromatic carbocycles. The van der Waals surface area contributed by atoms with Gasteiger partial charge in [0.25, 0.3) is 0 Å². The number of amides is 2. The highest BCUT2D eigenvalue weighted by molar-refractivity contribution is 5.89. The molecule has 40 heavy (non-hydrogen) atoms. The number of carbonyl (C=O) groups is 2. The van der Waals surface area contributed by atoms with Crippen LogP contribution in [0.25, 0.3) is 11.0 Å². The third kappa shape index (κ3) is 6.18. The Bertz CT molecular complexity index is 1570. The average molecular weight is 534 g/mol. The van der Waals surface area contributed by atoms with Gasteiger partial charge in [0, 0.05) is 18.7 Å². The van der Waals surface area contributed by atoms with Gasteiger partial charge in [-0.25, -0.2) is 4.68 Å². The van der Waals surface area contributed by atoms with Crippen LogP contribution in [-0.2, 0) is 29.2 Å². The molecule has 0 saturated heterocycles. The second kappa shape index (κ2) is 12.7. The van der Waals surface area contributed by atoms with E-state index in [2.05, 4.69) is 15.6 Å². The molecular weight excluding hydrogens is 502 g/mol. The van der Waals surface area contributed by atoms with Crippen LogP contribution in [0.2, 0.25) is 0 Å². The van der Waals surface area contributed by atoms with E-state index in [0.717, 1.165) is 16.6 Å². The Kier molecular flexibility index (Phi) is 8.46. The number of ether oxygens (including phenoxy) is 1. The van der Waals surface area contributed by atoms with Crippen LogP contribution < -0.4 is 10.1 Å². The van der Waals surface area contributed by atoms with Crippen molar-refractivity contribution in [1.82, 2.24) is 25.2 Å². The first-order valence-corrected chi connectivity index (χ1v) is 13.3. The van der Waals surface area contributed by atoms with Crippen LogP contribution in [0, 0.1) is 0 Å². The van der Waals surface area contributed by atoms with E-state index in [1.54, 1.807) is 9.58 Å². The summed E-state index contributed by atoms with van der Waals surface area (Å²) in [7, 11) is 0. The summed E-state index contributed by atoms with van der Waals surface area (Å²) >= 11 is 0. The molecule has 8 nitrogen and oxygen atoms in total. The Hall–Kier alpha value is -4.98. The van der Waals surface area contributed by atoms with Crippen LogP contribution in [0.4, 0.5) is 0 Å². The average Bonchev–Trinajstić information content (AvgIpc) is 3.40. The Labute approximate surface area is 233 Å². The van der Waals surface area contributed by atoms with Crippen LogP contribution in [0.3, 0.4) is 0 Å². The maximum absolute atomic E-state index is 14.1. The third-order valence-electron chi connectivity index (χ3n) is 6.60. The second-order valence-corrected chi connectivity index (χ2v) is 9.32. The topological polar surface area (TPSA) is 89.4 Å². The molecule has 0 aliphatic carbocycles. The van der Waals surface area contributed by atoms with Gasteiger partial charge < -0.3 is 15.0 Å². The molecule has 5 aromatic rings. The predicted octanol–water partition coefficient (Wildman–Crippen LogP) is 4.92. The Morgan fingerprint density at radius 1 is 0.850 bits per heavy atom. The quantitative estimate of drug-likeness (QED) is 0.260. The summed E-state index contributed by atoms with van der Waals surface area (Å²) in [6, 6.07) is 33.2. The van der Waals surface area contributed by atoms with Gasteiger partial charge in [-0.15, -0.1) is 5.10 Å². The molecule has 8 heteroatoms. The molecule has 1 unspecified atom stereocenters. The lowest BCUT2D eigenvalue weighted by Gasteiger charge is -2.32. The minimum atomic E-state index is -0.950. The molecule has 0 aliphatic heterocycles. The Balaban J connectivity index is 1.54. The van der Waals surface area contributed by atoms with Crippen molar-refractivity contribution >= 4 is 22.8 Å². The Morgan fingerprint density at radius 2 is 1.50 bits per heavy atom. The monoisotopic (exact) mass is 533 g/mol. The van der Waals surface area contributed by atoms with Crippen LogP contribution in [0.1, 0.15) is 29.7 Å². The minimum absolute atomic E-state index is 0.0768. The number of nitrogens with one attached hydrogen (secondary N) is 1. The van der Waals surface area contributed by atoms with Crippen molar-refractivity contribution < 1.29 is 14.3 Å². The van der Waals surface area contributed by atoms with Crippen molar-refractivity contribution in [2.75, 3.05) is 6.61 Å². The molecule has 0 spiro atoms. The van der Waals surface area contributed by atoms with Gasteiger partial charge in [-0.05, 0) is 36.2 Å². The summed E-state index contributed by atoms with van der Waals surface area (Å²) in [6.07, 6.45) is 0. The van der Waals surface area contributed by atoms with E-state index in [0.29, 0.717) is 30.0 Å². The highest BCUT2D eigenvalue weighted by Crippen LogP contribution is 2.32. The van der Waals surface area contributed by atoms with Gasteiger partial charge in [-0.3, -0.25) is 9.59 Å². The number of nitrogens with zero attached hydrogens (tertiary/aromatic N) is 4. The maximum atomic E-state index is 14.1. The fraction of sp³-hybridized carbons (Fsp3) is 0.188. The lowest BCUT2D eigenvalue weighted by molar-refractivity contribution is -0.142. The van der Waals surface area contributed by atoms with Crippen molar-refractivity contribution in [3.8, 4) is 5.75 Å². The summed E-state index contributed by atoms with van der Waals surface area (Å²) in [5, 5.41) is 11.5. The van der Waals surface area contributed by atoms with Gasteiger partial charge in [0.2, 0.25) is 11.8 Å². The lowest BCUT2D eigenvalue weighted by atomic mass is 10.0. The van der Waals surface area contributed by atoms with Crippen molar-refractivity contribution in [2.45, 2.75) is 32.6 Å². The van der Waals surface area contributed by atoms with Gasteiger partial charge in [0.05, 0.1) is 12.1 Å². The molecule has 0 bridgehead atoms. The molecule has 1 N–H and O–H groups in total.